The van der Waals surface area contributed by atoms with Gasteiger partial charge in [-0.05, 0) is 38.3 Å². The minimum atomic E-state index is -0.320. The molecule has 2 saturated heterocycles. The maximum absolute atomic E-state index is 12.3. The number of aliphatic hydroxyl groups excluding tert-OH is 1. The second kappa shape index (κ2) is 17.6. The first-order valence-electron chi connectivity index (χ1n) is 10.8. The van der Waals surface area contributed by atoms with E-state index in [1.807, 2.05) is 73.6 Å². The number of piperidine rings is 1. The summed E-state index contributed by atoms with van der Waals surface area (Å²) in [5.74, 6) is 0.529. The molecule has 0 amide bonds. The number of hydrogen-bond acceptors (Lipinski definition) is 6. The molecule has 0 saturated carbocycles. The van der Waals surface area contributed by atoms with Gasteiger partial charge in [-0.25, -0.2) is 10.9 Å². The molecule has 5 N–H and O–H groups in total. The highest BCUT2D eigenvalue weighted by Crippen LogP contribution is 2.22. The lowest BCUT2D eigenvalue weighted by Gasteiger charge is -2.34. The molecule has 2 heterocycles. The van der Waals surface area contributed by atoms with Crippen molar-refractivity contribution >= 4 is 5.78 Å². The summed E-state index contributed by atoms with van der Waals surface area (Å²) >= 11 is 0. The first-order valence-corrected chi connectivity index (χ1v) is 10.8. The molecule has 0 radical (unpaired) electrons. The SMILES string of the molecule is C/C=C\C=C(/C)C(=O)C1CCN(C(N)/C=C(\O)C2NN2)CC1.CC.CC.CC. The molecular weight excluding hydrogens is 352 g/mol. The largest absolute Gasteiger partial charge is 0.509 e. The Labute approximate surface area is 172 Å². The molecule has 2 aliphatic rings. The van der Waals surface area contributed by atoms with Crippen LogP contribution in [-0.2, 0) is 4.79 Å². The summed E-state index contributed by atoms with van der Waals surface area (Å²) in [5, 5.41) is 9.75. The van der Waals surface area contributed by atoms with E-state index in [-0.39, 0.29) is 29.8 Å². The number of Topliss-reactive ketones (excluding diaryl/α,β-unsaturated/α-hetero) is 1. The summed E-state index contributed by atoms with van der Waals surface area (Å²) in [4.78, 5) is 14.4. The Hall–Kier alpha value is -1.47. The van der Waals surface area contributed by atoms with Crippen LogP contribution in [0.25, 0.3) is 0 Å². The number of nitrogens with one attached hydrogen (secondary N) is 2. The van der Waals surface area contributed by atoms with E-state index in [2.05, 4.69) is 15.8 Å². The third kappa shape index (κ3) is 10.8. The molecule has 0 aliphatic carbocycles. The number of nitrogens with two attached hydrogens (primary N) is 1. The summed E-state index contributed by atoms with van der Waals surface area (Å²) in [6, 6.07) is 0. The second-order valence-electron chi connectivity index (χ2n) is 5.85. The lowest BCUT2D eigenvalue weighted by Crippen LogP contribution is -2.46. The van der Waals surface area contributed by atoms with Gasteiger partial charge in [0.25, 0.3) is 0 Å². The maximum Gasteiger partial charge on any atom is 0.161 e. The Kier molecular flexibility index (Phi) is 18.1. The molecule has 1 unspecified atom stereocenters. The molecule has 2 rings (SSSR count). The van der Waals surface area contributed by atoms with E-state index in [0.717, 1.165) is 31.5 Å². The van der Waals surface area contributed by atoms with E-state index in [1.165, 1.54) is 0 Å². The number of rotatable bonds is 6. The molecule has 6 nitrogen and oxygen atoms in total. The second-order valence-corrected chi connectivity index (χ2v) is 5.85. The fourth-order valence-electron chi connectivity index (χ4n) is 2.67. The Morgan fingerprint density at radius 1 is 1.11 bits per heavy atom. The van der Waals surface area contributed by atoms with Crippen LogP contribution >= 0.6 is 0 Å². The topological polar surface area (TPSA) is 110 Å². The lowest BCUT2D eigenvalue weighted by molar-refractivity contribution is -0.120. The molecule has 0 bridgehead atoms. The fourth-order valence-corrected chi connectivity index (χ4v) is 2.67. The lowest BCUT2D eigenvalue weighted by atomic mass is 9.89. The molecule has 0 aromatic heterocycles. The third-order valence-electron chi connectivity index (χ3n) is 4.18. The number of allylic oxidation sites excluding steroid dienone is 4. The summed E-state index contributed by atoms with van der Waals surface area (Å²) in [6.45, 7) is 17.3. The number of ketones is 1. The number of carbonyl (C=O) groups is 1. The molecule has 28 heavy (non-hydrogen) atoms. The molecule has 0 spiro atoms. The quantitative estimate of drug-likeness (QED) is 0.233. The van der Waals surface area contributed by atoms with Gasteiger partial charge in [0.05, 0.1) is 6.17 Å². The first kappa shape index (κ1) is 28.7. The van der Waals surface area contributed by atoms with Gasteiger partial charge in [0.2, 0.25) is 0 Å². The molecule has 164 valence electrons. The number of nitrogens with zero attached hydrogens (tertiary/aromatic N) is 1. The Morgan fingerprint density at radius 2 is 1.61 bits per heavy atom. The Bertz CT molecular complexity index is 489. The van der Waals surface area contributed by atoms with Crippen LogP contribution in [0.5, 0.6) is 0 Å². The predicted molar refractivity (Wildman–Crippen MR) is 121 cm³/mol. The molecule has 2 fully saturated rings. The van der Waals surface area contributed by atoms with Crippen LogP contribution in [0.3, 0.4) is 0 Å². The Morgan fingerprint density at radius 3 is 2.04 bits per heavy atom. The minimum absolute atomic E-state index is 0.0781. The highest BCUT2D eigenvalue weighted by Gasteiger charge is 2.29. The third-order valence-corrected chi connectivity index (χ3v) is 4.18. The van der Waals surface area contributed by atoms with Crippen molar-refractivity contribution in [1.82, 2.24) is 15.8 Å². The van der Waals surface area contributed by atoms with Crippen molar-refractivity contribution in [2.24, 2.45) is 11.7 Å². The van der Waals surface area contributed by atoms with Gasteiger partial charge in [-0.3, -0.25) is 9.69 Å². The molecule has 2 aliphatic heterocycles. The number of likely N-dealkylation sites (tertiary alicyclic amines) is 1. The van der Waals surface area contributed by atoms with Crippen molar-refractivity contribution < 1.29 is 9.90 Å². The van der Waals surface area contributed by atoms with Crippen LogP contribution in [0.2, 0.25) is 0 Å². The van der Waals surface area contributed by atoms with E-state index in [1.54, 1.807) is 6.08 Å². The van der Waals surface area contributed by atoms with Crippen LogP contribution in [-0.4, -0.2) is 41.2 Å². The molecule has 6 heteroatoms. The standard InChI is InChI=1S/C16H26N4O2.3C2H6/c1-3-4-5-11(2)15(22)12-6-8-20(9-7-12)14(17)10-13(21)16-18-19-16;3*1-2/h3-5,10,12,14,16,18-19,21H,6-9,17H2,1-2H3;3*1-2H3/b4-3-,11-5+,13-10-;;;. The number of hydrazine groups is 1. The smallest absolute Gasteiger partial charge is 0.161 e. The van der Waals surface area contributed by atoms with Crippen molar-refractivity contribution in [3.8, 4) is 0 Å². The maximum atomic E-state index is 12.3. The molecule has 1 atom stereocenters. The van der Waals surface area contributed by atoms with E-state index < -0.39 is 0 Å². The summed E-state index contributed by atoms with van der Waals surface area (Å²) < 4.78 is 0. The average molecular weight is 397 g/mol. The van der Waals surface area contributed by atoms with E-state index in [0.29, 0.717) is 0 Å². The highest BCUT2D eigenvalue weighted by atomic mass is 16.3. The number of aliphatic hydroxyl groups is 1. The molecule has 0 aromatic carbocycles. The van der Waals surface area contributed by atoms with E-state index in [9.17, 15) is 9.90 Å². The van der Waals surface area contributed by atoms with Crippen molar-refractivity contribution in [1.29, 1.82) is 0 Å². The summed E-state index contributed by atoms with van der Waals surface area (Å²) in [7, 11) is 0. The fraction of sp³-hybridized carbons (Fsp3) is 0.682. The Balaban J connectivity index is 0. The van der Waals surface area contributed by atoms with Crippen molar-refractivity contribution in [2.45, 2.75) is 80.6 Å². The van der Waals surface area contributed by atoms with Crippen LogP contribution in [0.15, 0.2) is 35.6 Å². The van der Waals surface area contributed by atoms with Gasteiger partial charge in [0.15, 0.2) is 5.78 Å². The normalized spacial score (nSPS) is 19.5. The van der Waals surface area contributed by atoms with Gasteiger partial charge >= 0.3 is 0 Å². The van der Waals surface area contributed by atoms with Crippen LogP contribution in [0.1, 0.15) is 68.2 Å². The zero-order chi connectivity index (χ0) is 22.1. The zero-order valence-corrected chi connectivity index (χ0v) is 19.2. The van der Waals surface area contributed by atoms with Gasteiger partial charge in [-0.1, -0.05) is 59.8 Å². The van der Waals surface area contributed by atoms with E-state index in [4.69, 9.17) is 5.73 Å². The van der Waals surface area contributed by atoms with Gasteiger partial charge < -0.3 is 10.8 Å². The summed E-state index contributed by atoms with van der Waals surface area (Å²) in [5.41, 5.74) is 12.5. The number of hydrogen-bond donors (Lipinski definition) is 4. The van der Waals surface area contributed by atoms with Crippen molar-refractivity contribution in [3.05, 3.63) is 35.6 Å². The zero-order valence-electron chi connectivity index (χ0n) is 19.2. The van der Waals surface area contributed by atoms with Gasteiger partial charge in [-0.15, -0.1) is 0 Å². The predicted octanol–water partition coefficient (Wildman–Crippen LogP) is 4.03. The minimum Gasteiger partial charge on any atom is -0.509 e. The molecular formula is C22H44N4O2. The van der Waals surface area contributed by atoms with E-state index >= 15 is 0 Å². The van der Waals surface area contributed by atoms with Crippen LogP contribution in [0, 0.1) is 5.92 Å². The highest BCUT2D eigenvalue weighted by molar-refractivity contribution is 5.96. The monoisotopic (exact) mass is 396 g/mol. The van der Waals surface area contributed by atoms with Crippen molar-refractivity contribution in [2.75, 3.05) is 13.1 Å². The average Bonchev–Trinajstić information content (AvgIpc) is 3.61. The van der Waals surface area contributed by atoms with Gasteiger partial charge in [-0.2, -0.15) is 0 Å². The van der Waals surface area contributed by atoms with Crippen LogP contribution in [0.4, 0.5) is 0 Å². The van der Waals surface area contributed by atoms with Gasteiger partial charge in [0, 0.05) is 19.0 Å². The number of carbonyl (C=O) groups excluding carboxylic acids is 1. The molecule has 0 aromatic rings. The first-order chi connectivity index (χ1) is 13.5. The summed E-state index contributed by atoms with van der Waals surface area (Å²) in [6.07, 6.45) is 8.47. The van der Waals surface area contributed by atoms with Crippen molar-refractivity contribution in [3.63, 3.8) is 0 Å². The van der Waals surface area contributed by atoms with Crippen LogP contribution < -0.4 is 16.6 Å². The van der Waals surface area contributed by atoms with Gasteiger partial charge in [0.1, 0.15) is 11.9 Å².